The van der Waals surface area contributed by atoms with Crippen LogP contribution in [0.25, 0.3) is 22.0 Å². The van der Waals surface area contributed by atoms with Crippen LogP contribution in [-0.4, -0.2) is 9.67 Å². The van der Waals surface area contributed by atoms with E-state index in [4.69, 9.17) is 4.42 Å². The average Bonchev–Trinajstić information content (AvgIpc) is 3.07. The molecular formula is C18H14FNO2. The van der Waals surface area contributed by atoms with Gasteiger partial charge in [-0.3, -0.25) is 0 Å². The van der Waals surface area contributed by atoms with Crippen LogP contribution in [0.1, 0.15) is 11.3 Å². The second-order valence-corrected chi connectivity index (χ2v) is 5.32. The number of furan rings is 1. The van der Waals surface area contributed by atoms with Gasteiger partial charge >= 0.3 is 0 Å². The second-order valence-electron chi connectivity index (χ2n) is 5.32. The Morgan fingerprint density at radius 1 is 1.00 bits per heavy atom. The van der Waals surface area contributed by atoms with Crippen molar-refractivity contribution in [3.05, 3.63) is 71.7 Å². The van der Waals surface area contributed by atoms with E-state index in [0.29, 0.717) is 12.3 Å². The van der Waals surface area contributed by atoms with Crippen molar-refractivity contribution < 1.29 is 13.9 Å². The van der Waals surface area contributed by atoms with Gasteiger partial charge in [0.1, 0.15) is 18.2 Å². The minimum atomic E-state index is -0.242. The highest BCUT2D eigenvalue weighted by Crippen LogP contribution is 2.32. The average molecular weight is 295 g/mol. The lowest BCUT2D eigenvalue weighted by Crippen LogP contribution is -1.99. The molecule has 22 heavy (non-hydrogen) atoms. The van der Waals surface area contributed by atoms with Crippen LogP contribution in [-0.2, 0) is 13.2 Å². The van der Waals surface area contributed by atoms with E-state index in [1.54, 1.807) is 6.07 Å². The third-order valence-corrected chi connectivity index (χ3v) is 3.88. The van der Waals surface area contributed by atoms with Crippen LogP contribution in [0.4, 0.5) is 4.39 Å². The third-order valence-electron chi connectivity index (χ3n) is 3.88. The molecule has 4 rings (SSSR count). The zero-order chi connectivity index (χ0) is 15.1. The first kappa shape index (κ1) is 13.1. The Balaban J connectivity index is 1.95. The van der Waals surface area contributed by atoms with Gasteiger partial charge in [-0.2, -0.15) is 0 Å². The Kier molecular flexibility index (Phi) is 2.98. The largest absolute Gasteiger partial charge is 0.456 e. The molecule has 0 unspecified atom stereocenters. The number of aliphatic hydroxyl groups is 1. The number of nitrogens with zero attached hydrogens (tertiary/aromatic N) is 1. The fraction of sp³-hybridized carbons (Fsp3) is 0.111. The van der Waals surface area contributed by atoms with Gasteiger partial charge in [-0.1, -0.05) is 24.3 Å². The summed E-state index contributed by atoms with van der Waals surface area (Å²) in [5.74, 6) is 0.289. The number of hydrogen-bond acceptors (Lipinski definition) is 2. The Morgan fingerprint density at radius 3 is 2.68 bits per heavy atom. The monoisotopic (exact) mass is 295 g/mol. The molecular weight excluding hydrogens is 281 g/mol. The zero-order valence-corrected chi connectivity index (χ0v) is 11.8. The molecule has 0 amide bonds. The van der Waals surface area contributed by atoms with E-state index in [1.807, 2.05) is 36.4 Å². The lowest BCUT2D eigenvalue weighted by atomic mass is 10.2. The van der Waals surface area contributed by atoms with E-state index in [0.717, 1.165) is 27.6 Å². The van der Waals surface area contributed by atoms with Crippen LogP contribution in [0.2, 0.25) is 0 Å². The number of rotatable bonds is 3. The number of halogens is 1. The first-order chi connectivity index (χ1) is 10.8. The summed E-state index contributed by atoms with van der Waals surface area (Å²) in [5, 5.41) is 10.3. The zero-order valence-electron chi connectivity index (χ0n) is 11.8. The summed E-state index contributed by atoms with van der Waals surface area (Å²) in [6.07, 6.45) is 0. The molecule has 3 nitrogen and oxygen atoms in total. The maximum atomic E-state index is 13.4. The van der Waals surface area contributed by atoms with E-state index in [2.05, 4.69) is 4.57 Å². The number of benzene rings is 2. The number of aliphatic hydroxyl groups excluding tert-OH is 1. The van der Waals surface area contributed by atoms with Gasteiger partial charge in [0.2, 0.25) is 0 Å². The van der Waals surface area contributed by atoms with Crippen molar-refractivity contribution in [2.45, 2.75) is 13.2 Å². The van der Waals surface area contributed by atoms with Gasteiger partial charge in [-0.25, -0.2) is 4.39 Å². The highest BCUT2D eigenvalue weighted by Gasteiger charge is 2.15. The van der Waals surface area contributed by atoms with Crippen LogP contribution in [0.15, 0.2) is 59.0 Å². The SMILES string of the molecule is OCc1cc2c(o1)c1ccccc1n2Cc1cccc(F)c1. The Morgan fingerprint density at radius 2 is 1.86 bits per heavy atom. The van der Waals surface area contributed by atoms with Gasteiger partial charge in [0, 0.05) is 18.0 Å². The van der Waals surface area contributed by atoms with Crippen molar-refractivity contribution in [2.24, 2.45) is 0 Å². The maximum Gasteiger partial charge on any atom is 0.160 e. The van der Waals surface area contributed by atoms with Crippen molar-refractivity contribution in [1.29, 1.82) is 0 Å². The van der Waals surface area contributed by atoms with E-state index >= 15 is 0 Å². The summed E-state index contributed by atoms with van der Waals surface area (Å²) in [6.45, 7) is 0.412. The van der Waals surface area contributed by atoms with Crippen LogP contribution in [0.5, 0.6) is 0 Å². The molecule has 0 atom stereocenters. The lowest BCUT2D eigenvalue weighted by molar-refractivity contribution is 0.251. The molecule has 0 radical (unpaired) electrons. The fourth-order valence-electron chi connectivity index (χ4n) is 2.92. The van der Waals surface area contributed by atoms with E-state index < -0.39 is 0 Å². The van der Waals surface area contributed by atoms with Crippen molar-refractivity contribution >= 4 is 22.0 Å². The third kappa shape index (κ3) is 2.00. The van der Waals surface area contributed by atoms with Crippen LogP contribution in [0.3, 0.4) is 0 Å². The van der Waals surface area contributed by atoms with Gasteiger partial charge in [-0.05, 0) is 29.8 Å². The Labute approximate surface area is 126 Å². The van der Waals surface area contributed by atoms with Crippen molar-refractivity contribution in [3.8, 4) is 0 Å². The van der Waals surface area contributed by atoms with E-state index in [1.165, 1.54) is 12.1 Å². The molecule has 2 heterocycles. The summed E-state index contributed by atoms with van der Waals surface area (Å²) in [5.41, 5.74) is 3.59. The normalized spacial score (nSPS) is 11.5. The Hall–Kier alpha value is -2.59. The van der Waals surface area contributed by atoms with Crippen molar-refractivity contribution in [2.75, 3.05) is 0 Å². The Bertz CT molecular complexity index is 968. The summed E-state index contributed by atoms with van der Waals surface area (Å²) in [4.78, 5) is 0. The summed E-state index contributed by atoms with van der Waals surface area (Å²) in [7, 11) is 0. The molecule has 0 aliphatic carbocycles. The molecule has 0 saturated carbocycles. The fourth-order valence-corrected chi connectivity index (χ4v) is 2.92. The van der Waals surface area contributed by atoms with Crippen molar-refractivity contribution in [3.63, 3.8) is 0 Å². The first-order valence-corrected chi connectivity index (χ1v) is 7.11. The topological polar surface area (TPSA) is 38.3 Å². The minimum absolute atomic E-state index is 0.136. The van der Waals surface area contributed by atoms with Gasteiger partial charge in [0.25, 0.3) is 0 Å². The molecule has 0 spiro atoms. The van der Waals surface area contributed by atoms with Crippen LogP contribution in [0, 0.1) is 5.82 Å². The van der Waals surface area contributed by atoms with Gasteiger partial charge in [-0.15, -0.1) is 0 Å². The van der Waals surface area contributed by atoms with Gasteiger partial charge in [0.15, 0.2) is 5.58 Å². The minimum Gasteiger partial charge on any atom is -0.456 e. The molecule has 4 aromatic rings. The molecule has 1 N–H and O–H groups in total. The smallest absolute Gasteiger partial charge is 0.160 e. The second kappa shape index (κ2) is 5.00. The predicted molar refractivity (Wildman–Crippen MR) is 83.1 cm³/mol. The molecule has 4 heteroatoms. The molecule has 0 saturated heterocycles. The molecule has 0 aliphatic rings. The number of fused-ring (bicyclic) bond motifs is 3. The molecule has 2 aromatic heterocycles. The highest BCUT2D eigenvalue weighted by atomic mass is 19.1. The van der Waals surface area contributed by atoms with E-state index in [9.17, 15) is 9.50 Å². The van der Waals surface area contributed by atoms with Gasteiger partial charge in [0.05, 0.1) is 11.0 Å². The quantitative estimate of drug-likeness (QED) is 0.619. The predicted octanol–water partition coefficient (Wildman–Crippen LogP) is 4.07. The molecule has 0 fully saturated rings. The van der Waals surface area contributed by atoms with Crippen LogP contribution < -0.4 is 0 Å². The molecule has 2 aromatic carbocycles. The summed E-state index contributed by atoms with van der Waals surface area (Å²) >= 11 is 0. The maximum absolute atomic E-state index is 13.4. The van der Waals surface area contributed by atoms with Crippen molar-refractivity contribution in [1.82, 2.24) is 4.57 Å². The highest BCUT2D eigenvalue weighted by molar-refractivity contribution is 6.05. The molecule has 110 valence electrons. The number of aromatic nitrogens is 1. The lowest BCUT2D eigenvalue weighted by Gasteiger charge is -2.07. The summed E-state index contributed by atoms with van der Waals surface area (Å²) < 4.78 is 21.2. The standard InChI is InChI=1S/C18H14FNO2/c19-13-5-3-4-12(8-13)10-20-16-7-2-1-6-15(16)18-17(20)9-14(11-21)22-18/h1-9,21H,10-11H2. The number of para-hydroxylation sites is 1. The molecule has 0 aliphatic heterocycles. The summed E-state index contributed by atoms with van der Waals surface area (Å²) in [6, 6.07) is 16.4. The first-order valence-electron chi connectivity index (χ1n) is 7.11. The number of hydrogen-bond donors (Lipinski definition) is 1. The molecule has 0 bridgehead atoms. The van der Waals surface area contributed by atoms with Crippen LogP contribution >= 0.6 is 0 Å². The van der Waals surface area contributed by atoms with Gasteiger partial charge < -0.3 is 14.1 Å². The van der Waals surface area contributed by atoms with E-state index in [-0.39, 0.29) is 12.4 Å².